The van der Waals surface area contributed by atoms with E-state index in [1.807, 2.05) is 0 Å². The second-order valence-corrected chi connectivity index (χ2v) is 30.0. The van der Waals surface area contributed by atoms with Gasteiger partial charge in [0, 0.05) is 19.3 Å². The van der Waals surface area contributed by atoms with Crippen molar-refractivity contribution in [2.24, 2.45) is 0 Å². The van der Waals surface area contributed by atoms with Crippen LogP contribution in [0.2, 0.25) is 0 Å². The highest BCUT2D eigenvalue weighted by atomic mass is 31.2. The largest absolute Gasteiger partial charge is 0.472 e. The lowest BCUT2D eigenvalue weighted by atomic mass is 10.0. The van der Waals surface area contributed by atoms with Crippen LogP contribution in [0.1, 0.15) is 316 Å². The first kappa shape index (κ1) is 102. The molecule has 0 saturated carbocycles. The van der Waals surface area contributed by atoms with Gasteiger partial charge in [0.1, 0.15) is 25.4 Å². The minimum Gasteiger partial charge on any atom is -0.463 e. The number of aliphatic hydroxyl groups is 2. The van der Waals surface area contributed by atoms with Gasteiger partial charge in [-0.3, -0.25) is 32.5 Å². The Morgan fingerprint density at radius 2 is 0.467 bits per heavy atom. The van der Waals surface area contributed by atoms with E-state index >= 15 is 0 Å². The van der Waals surface area contributed by atoms with Gasteiger partial charge < -0.3 is 34.2 Å². The summed E-state index contributed by atoms with van der Waals surface area (Å²) < 4.78 is 61.2. The van der Waals surface area contributed by atoms with Crippen LogP contribution < -0.4 is 0 Å². The maximum Gasteiger partial charge on any atom is 0.472 e. The summed E-state index contributed by atoms with van der Waals surface area (Å²) in [4.78, 5) is 58.8. The van der Waals surface area contributed by atoms with Gasteiger partial charge in [0.2, 0.25) is 0 Å². The lowest BCUT2D eigenvalue weighted by Gasteiger charge is -2.21. The first-order chi connectivity index (χ1) is 52.2. The quantitative estimate of drug-likeness (QED) is 0.0146. The van der Waals surface area contributed by atoms with Crippen LogP contribution in [-0.4, -0.2) is 95.9 Å². The van der Waals surface area contributed by atoms with Gasteiger partial charge in [0.15, 0.2) is 6.10 Å². The number of carbonyl (C=O) groups is 3. The SMILES string of the molecule is CC/C=C\C/C=C\C/C=C\C/C=C\C/C=C\C/C=C\CCCCCCC(=O)OCC(COP(=O)(O)OCC(O)COP(=O)(O)OCC(O)COC(=O)CCCCCCCCCCCCCCCCC/C=C\C/C=C\C/C=C\C/C=C\C/C=C\CC)OC(=O)CCCCCCCCC/C=C\C/C=C\C/C=C\CC. The Hall–Kier alpha value is -5.09. The van der Waals surface area contributed by atoms with Crippen LogP contribution in [0.25, 0.3) is 0 Å². The van der Waals surface area contributed by atoms with E-state index in [0.29, 0.717) is 19.3 Å². The van der Waals surface area contributed by atoms with Crippen molar-refractivity contribution in [3.8, 4) is 0 Å². The van der Waals surface area contributed by atoms with E-state index in [2.05, 4.69) is 191 Å². The fourth-order valence-electron chi connectivity index (χ4n) is 10.7. The molecule has 0 radical (unpaired) electrons. The molecule has 0 aliphatic carbocycles. The molecule has 0 rings (SSSR count). The fourth-order valence-corrected chi connectivity index (χ4v) is 12.3. The molecule has 610 valence electrons. The van der Waals surface area contributed by atoms with E-state index in [9.17, 15) is 43.5 Å². The molecule has 0 spiro atoms. The van der Waals surface area contributed by atoms with Crippen LogP contribution in [0.3, 0.4) is 0 Å². The second-order valence-electron chi connectivity index (χ2n) is 27.1. The number of hydrogen-bond donors (Lipinski definition) is 4. The van der Waals surface area contributed by atoms with E-state index in [4.69, 9.17) is 32.3 Å². The second kappa shape index (κ2) is 80.4. The van der Waals surface area contributed by atoms with Gasteiger partial charge >= 0.3 is 33.6 Å². The molecule has 0 aromatic heterocycles. The number of rotatable bonds is 77. The molecular formula is C89H148O16P2. The number of ether oxygens (including phenoxy) is 3. The monoisotopic (exact) mass is 1540 g/mol. The number of unbranched alkanes of at least 4 members (excludes halogenated alkanes) is 26. The summed E-state index contributed by atoms with van der Waals surface area (Å²) in [6.45, 7) is 2.31. The van der Waals surface area contributed by atoms with Crippen molar-refractivity contribution in [1.82, 2.24) is 0 Å². The molecule has 5 atom stereocenters. The summed E-state index contributed by atoms with van der Waals surface area (Å²) in [6.07, 6.45) is 103. The average Bonchev–Trinajstić information content (AvgIpc) is 0.927. The third-order valence-corrected chi connectivity index (χ3v) is 18.8. The molecule has 0 aliphatic heterocycles. The normalized spacial score (nSPS) is 14.8. The molecule has 0 heterocycles. The standard InChI is InChI=1S/C89H148O16P2/c1-4-7-10-13-16-19-22-25-28-31-33-35-37-38-39-40-41-42-43-44-46-48-49-52-54-57-60-63-66-69-72-75-87(92)99-78-84(90)79-101-106(95,96)102-80-85(91)81-103-107(97,98)104-83-86(105-89(94)77-74-71-68-65-62-59-56-51-30-27-24-21-18-15-12-9-6-3)82-100-88(93)76-73-70-67-64-61-58-55-53-50-47-45-36-34-32-29-26-23-20-17-14-11-8-5-2/h7-12,16-21,25-30,33-36,38-39,47,50,55,58,84-86,90-91H,4-6,13-15,22-24,31-32,37,40-46,48-49,51-54,56-57,59-83H2,1-3H3,(H,95,96)(H,97,98)/b10-7-,11-8-,12-9-,19-16-,20-17-,21-18-,28-25-,29-26-,30-27-,35-33-,36-34-,39-38-,50-47-,58-55-. The third kappa shape index (κ3) is 81.7. The predicted octanol–water partition coefficient (Wildman–Crippen LogP) is 24.8. The van der Waals surface area contributed by atoms with Gasteiger partial charge in [-0.25, -0.2) is 9.13 Å². The zero-order valence-electron chi connectivity index (χ0n) is 66.7. The lowest BCUT2D eigenvalue weighted by molar-refractivity contribution is -0.161. The molecule has 5 unspecified atom stereocenters. The maximum atomic E-state index is 13.0. The molecule has 0 aliphatic rings. The highest BCUT2D eigenvalue weighted by molar-refractivity contribution is 7.47. The average molecular weight is 1540 g/mol. The van der Waals surface area contributed by atoms with Crippen molar-refractivity contribution < 1.29 is 75.8 Å². The Morgan fingerprint density at radius 3 is 0.738 bits per heavy atom. The Kier molecular flexibility index (Phi) is 76.6. The number of carbonyl (C=O) groups excluding carboxylic acids is 3. The van der Waals surface area contributed by atoms with Gasteiger partial charge in [-0.05, 0) is 148 Å². The summed E-state index contributed by atoms with van der Waals surface area (Å²) in [5.74, 6) is -1.62. The Balaban J connectivity index is 4.57. The summed E-state index contributed by atoms with van der Waals surface area (Å²) in [5, 5.41) is 20.7. The van der Waals surface area contributed by atoms with Crippen LogP contribution >= 0.6 is 15.6 Å². The molecular weight excluding hydrogens is 1390 g/mol. The van der Waals surface area contributed by atoms with E-state index in [-0.39, 0.29) is 19.3 Å². The van der Waals surface area contributed by atoms with Crippen molar-refractivity contribution in [2.75, 3.05) is 39.6 Å². The van der Waals surface area contributed by atoms with Gasteiger partial charge in [0.05, 0.1) is 26.4 Å². The van der Waals surface area contributed by atoms with Crippen LogP contribution in [0.5, 0.6) is 0 Å². The lowest BCUT2D eigenvalue weighted by Crippen LogP contribution is -2.30. The van der Waals surface area contributed by atoms with Gasteiger partial charge in [0.25, 0.3) is 0 Å². The van der Waals surface area contributed by atoms with Crippen molar-refractivity contribution in [3.05, 3.63) is 170 Å². The van der Waals surface area contributed by atoms with Crippen LogP contribution in [0, 0.1) is 0 Å². The van der Waals surface area contributed by atoms with Crippen molar-refractivity contribution in [3.63, 3.8) is 0 Å². The molecule has 0 bridgehead atoms. The molecule has 0 aromatic rings. The van der Waals surface area contributed by atoms with E-state index < -0.39 is 91.5 Å². The van der Waals surface area contributed by atoms with Gasteiger partial charge in [-0.1, -0.05) is 319 Å². The minimum absolute atomic E-state index is 0.0819. The topological polar surface area (TPSA) is 231 Å². The number of phosphoric acid groups is 2. The molecule has 0 saturated heterocycles. The highest BCUT2D eigenvalue weighted by Crippen LogP contribution is 2.45. The highest BCUT2D eigenvalue weighted by Gasteiger charge is 2.29. The summed E-state index contributed by atoms with van der Waals surface area (Å²) >= 11 is 0. The molecule has 0 amide bonds. The zero-order valence-corrected chi connectivity index (χ0v) is 68.5. The van der Waals surface area contributed by atoms with E-state index in [1.54, 1.807) is 0 Å². The van der Waals surface area contributed by atoms with Gasteiger partial charge in [-0.2, -0.15) is 0 Å². The van der Waals surface area contributed by atoms with Gasteiger partial charge in [-0.15, -0.1) is 0 Å². The van der Waals surface area contributed by atoms with E-state index in [1.165, 1.54) is 77.0 Å². The predicted molar refractivity (Wildman–Crippen MR) is 445 cm³/mol. The third-order valence-electron chi connectivity index (χ3n) is 16.9. The Morgan fingerprint density at radius 1 is 0.262 bits per heavy atom. The fraction of sp³-hybridized carbons (Fsp3) is 0.652. The molecule has 0 fully saturated rings. The summed E-state index contributed by atoms with van der Waals surface area (Å²) in [6, 6.07) is 0. The number of allylic oxidation sites excluding steroid dienone is 28. The number of phosphoric ester groups is 2. The maximum absolute atomic E-state index is 13.0. The Bertz CT molecular complexity index is 2620. The summed E-state index contributed by atoms with van der Waals surface area (Å²) in [7, 11) is -9.81. The van der Waals surface area contributed by atoms with Crippen LogP contribution in [-0.2, 0) is 55.8 Å². The molecule has 0 aromatic carbocycles. The first-order valence-electron chi connectivity index (χ1n) is 41.4. The number of hydrogen-bond acceptors (Lipinski definition) is 14. The molecule has 107 heavy (non-hydrogen) atoms. The van der Waals surface area contributed by atoms with Crippen LogP contribution in [0.4, 0.5) is 0 Å². The number of esters is 3. The summed E-state index contributed by atoms with van der Waals surface area (Å²) in [5.41, 5.74) is 0. The smallest absolute Gasteiger partial charge is 0.463 e. The number of aliphatic hydroxyl groups excluding tert-OH is 2. The van der Waals surface area contributed by atoms with Crippen molar-refractivity contribution >= 4 is 33.6 Å². The first-order valence-corrected chi connectivity index (χ1v) is 44.4. The van der Waals surface area contributed by atoms with Crippen molar-refractivity contribution in [1.29, 1.82) is 0 Å². The minimum atomic E-state index is -4.95. The molecule has 18 heteroatoms. The molecule has 16 nitrogen and oxygen atoms in total. The molecule has 4 N–H and O–H groups in total. The zero-order chi connectivity index (χ0) is 78.0. The van der Waals surface area contributed by atoms with E-state index in [0.717, 1.165) is 180 Å². The van der Waals surface area contributed by atoms with Crippen molar-refractivity contribution in [2.45, 2.75) is 334 Å². The Labute approximate surface area is 650 Å². The van der Waals surface area contributed by atoms with Crippen LogP contribution in [0.15, 0.2) is 170 Å².